The summed E-state index contributed by atoms with van der Waals surface area (Å²) in [7, 11) is 0.271. The van der Waals surface area contributed by atoms with E-state index in [-0.39, 0.29) is 37.3 Å². The van der Waals surface area contributed by atoms with Gasteiger partial charge in [-0.25, -0.2) is 5.57 Å². The molecule has 0 spiro atoms. The molecule has 1 unspecified atom stereocenters. The fourth-order valence-electron chi connectivity index (χ4n) is 4.82. The van der Waals surface area contributed by atoms with Gasteiger partial charge in [-0.1, -0.05) is 190 Å². The minimum absolute atomic E-state index is 0. The number of benzene rings is 4. The SMILES string of the molecule is CC1=[C-]C(C)C(C)=C1C.[NH-]C1CCCCC1.[Ti+2].c1ccc(-c2ccccc2)cc1.c1ccc([SiH]c2ccccc2)cc1. The van der Waals surface area contributed by atoms with Gasteiger partial charge in [0.25, 0.3) is 0 Å². The largest absolute Gasteiger partial charge is 2.00 e. The molecule has 1 N–H and O–H groups in total. The molecule has 1 radical (unpaired) electrons. The molecule has 0 heterocycles. The fourth-order valence-corrected chi connectivity index (χ4v) is 6.03. The predicted octanol–water partition coefficient (Wildman–Crippen LogP) is 9.52. The second-order valence-corrected chi connectivity index (χ2v) is 12.5. The molecular formula is C39H46NSiTi. The van der Waals surface area contributed by atoms with Crippen molar-refractivity contribution in [3.8, 4) is 11.1 Å². The quantitative estimate of drug-likeness (QED) is 0.164. The Morgan fingerprint density at radius 2 is 0.976 bits per heavy atom. The van der Waals surface area contributed by atoms with Crippen LogP contribution >= 0.6 is 0 Å². The zero-order chi connectivity index (χ0) is 29.3. The number of allylic oxidation sites excluding steroid dienone is 4. The van der Waals surface area contributed by atoms with Crippen molar-refractivity contribution in [2.45, 2.75) is 65.8 Å². The first-order valence-corrected chi connectivity index (χ1v) is 16.1. The molecule has 42 heavy (non-hydrogen) atoms. The van der Waals surface area contributed by atoms with Crippen molar-refractivity contribution in [2.75, 3.05) is 0 Å². The molecule has 1 fully saturated rings. The summed E-state index contributed by atoms with van der Waals surface area (Å²) in [6.45, 7) is 8.67. The zero-order valence-corrected chi connectivity index (χ0v) is 28.5. The van der Waals surface area contributed by atoms with Gasteiger partial charge in [-0.15, -0.1) is 13.0 Å². The fraction of sp³-hybridized carbons (Fsp3) is 0.282. The van der Waals surface area contributed by atoms with Crippen LogP contribution in [0.5, 0.6) is 0 Å². The first kappa shape index (κ1) is 35.4. The Labute approximate surface area is 273 Å². The summed E-state index contributed by atoms with van der Waals surface area (Å²) in [5.41, 5.74) is 14.1. The van der Waals surface area contributed by atoms with Crippen molar-refractivity contribution >= 4 is 19.9 Å². The van der Waals surface area contributed by atoms with Crippen LogP contribution in [0.25, 0.3) is 16.9 Å². The summed E-state index contributed by atoms with van der Waals surface area (Å²) in [6.07, 6.45) is 9.63. The monoisotopic (exact) mass is 604 g/mol. The first-order valence-electron chi connectivity index (χ1n) is 15.0. The van der Waals surface area contributed by atoms with Crippen LogP contribution in [0.15, 0.2) is 138 Å². The molecule has 1 atom stereocenters. The Balaban J connectivity index is 0.000000199. The van der Waals surface area contributed by atoms with Gasteiger partial charge in [0.15, 0.2) is 0 Å². The Bertz CT molecular complexity index is 1240. The van der Waals surface area contributed by atoms with Gasteiger partial charge in [-0.3, -0.25) is 6.08 Å². The van der Waals surface area contributed by atoms with Gasteiger partial charge in [0.2, 0.25) is 0 Å². The van der Waals surface area contributed by atoms with E-state index in [1.165, 1.54) is 57.5 Å². The molecule has 4 aromatic carbocycles. The summed E-state index contributed by atoms with van der Waals surface area (Å²) in [4.78, 5) is 0. The molecule has 4 aromatic rings. The van der Waals surface area contributed by atoms with E-state index >= 15 is 0 Å². The molecule has 0 aliphatic heterocycles. The number of nitrogens with one attached hydrogen (secondary N) is 1. The maximum Gasteiger partial charge on any atom is 2.00 e. The minimum atomic E-state index is 0. The smallest absolute Gasteiger partial charge is 0.675 e. The van der Waals surface area contributed by atoms with Gasteiger partial charge in [0.1, 0.15) is 9.52 Å². The molecule has 0 amide bonds. The van der Waals surface area contributed by atoms with Crippen LogP contribution in [0.4, 0.5) is 0 Å². The third-order valence-electron chi connectivity index (χ3n) is 7.66. The Morgan fingerprint density at radius 3 is 1.24 bits per heavy atom. The van der Waals surface area contributed by atoms with Crippen molar-refractivity contribution in [1.82, 2.24) is 0 Å². The summed E-state index contributed by atoms with van der Waals surface area (Å²) < 4.78 is 0. The summed E-state index contributed by atoms with van der Waals surface area (Å²) in [6, 6.07) is 42.4. The van der Waals surface area contributed by atoms with E-state index < -0.39 is 0 Å². The van der Waals surface area contributed by atoms with Crippen LogP contribution in [-0.4, -0.2) is 15.6 Å². The molecule has 0 aromatic heterocycles. The van der Waals surface area contributed by atoms with E-state index in [1.54, 1.807) is 0 Å². The van der Waals surface area contributed by atoms with Crippen LogP contribution in [0.1, 0.15) is 59.8 Å². The van der Waals surface area contributed by atoms with Crippen LogP contribution in [0.2, 0.25) is 0 Å². The molecule has 0 saturated heterocycles. The third-order valence-corrected chi connectivity index (χ3v) is 9.09. The molecule has 1 nitrogen and oxygen atoms in total. The van der Waals surface area contributed by atoms with Gasteiger partial charge in [0.05, 0.1) is 0 Å². The van der Waals surface area contributed by atoms with Crippen molar-refractivity contribution in [1.29, 1.82) is 0 Å². The van der Waals surface area contributed by atoms with E-state index in [0.29, 0.717) is 5.92 Å². The van der Waals surface area contributed by atoms with E-state index in [9.17, 15) is 0 Å². The maximum absolute atomic E-state index is 7.27. The van der Waals surface area contributed by atoms with Crippen LogP contribution < -0.4 is 10.4 Å². The van der Waals surface area contributed by atoms with Crippen molar-refractivity contribution in [3.05, 3.63) is 150 Å². The minimum Gasteiger partial charge on any atom is -0.675 e. The Kier molecular flexibility index (Phi) is 17.1. The van der Waals surface area contributed by atoms with Gasteiger partial charge in [-0.2, -0.15) is 11.1 Å². The average molecular weight is 605 g/mol. The van der Waals surface area contributed by atoms with Crippen molar-refractivity contribution < 1.29 is 21.7 Å². The molecule has 3 heteroatoms. The second kappa shape index (κ2) is 20.2. The summed E-state index contributed by atoms with van der Waals surface area (Å²) >= 11 is 0. The van der Waals surface area contributed by atoms with E-state index in [4.69, 9.17) is 5.73 Å². The average Bonchev–Trinajstić information content (AvgIpc) is 3.25. The van der Waals surface area contributed by atoms with Crippen LogP contribution in [-0.2, 0) is 21.7 Å². The maximum atomic E-state index is 7.27. The number of rotatable bonds is 3. The van der Waals surface area contributed by atoms with Crippen molar-refractivity contribution in [2.24, 2.45) is 5.92 Å². The molecule has 2 aliphatic rings. The van der Waals surface area contributed by atoms with Gasteiger partial charge in [-0.05, 0) is 11.1 Å². The van der Waals surface area contributed by atoms with E-state index in [2.05, 4.69) is 143 Å². The van der Waals surface area contributed by atoms with E-state index in [1.807, 2.05) is 12.1 Å². The normalized spacial score (nSPS) is 15.8. The van der Waals surface area contributed by atoms with Gasteiger partial charge in [0, 0.05) is 0 Å². The number of hydrogen-bond donors (Lipinski definition) is 0. The molecular weight excluding hydrogens is 558 g/mol. The first-order chi connectivity index (χ1) is 19.9. The Hall–Kier alpha value is -2.75. The molecule has 2 aliphatic carbocycles. The molecule has 0 bridgehead atoms. The topological polar surface area (TPSA) is 23.8 Å². The summed E-state index contributed by atoms with van der Waals surface area (Å²) in [5, 5.41) is 2.90. The van der Waals surface area contributed by atoms with Gasteiger partial charge < -0.3 is 5.73 Å². The van der Waals surface area contributed by atoms with E-state index in [0.717, 1.165) is 12.8 Å². The molecule has 215 valence electrons. The predicted molar refractivity (Wildman–Crippen MR) is 182 cm³/mol. The molecule has 6 rings (SSSR count). The second-order valence-electron chi connectivity index (χ2n) is 10.8. The van der Waals surface area contributed by atoms with Gasteiger partial charge >= 0.3 is 21.7 Å². The standard InChI is InChI=1S/C12H11Si.C12H10.C9H13.C6H12N.Ti/c1-3-7-11(8-4-1)13-12-9-5-2-6-10-12;1-3-7-11(8-4-1)12-9-5-2-6-10-12;1-6-5-7(2)9(4)8(6)3;7-6-4-2-1-3-5-6;/h1-10,13H;1-10H;6H,1-4H3;6-7H,1-5H2;/q;;2*-1;+2. The molecule has 1 saturated carbocycles. The van der Waals surface area contributed by atoms with Crippen LogP contribution in [0.3, 0.4) is 0 Å². The zero-order valence-electron chi connectivity index (χ0n) is 25.8. The Morgan fingerprint density at radius 1 is 0.595 bits per heavy atom. The van der Waals surface area contributed by atoms with Crippen LogP contribution in [0, 0.1) is 12.0 Å². The number of hydrogen-bond acceptors (Lipinski definition) is 0. The third kappa shape index (κ3) is 13.0. The van der Waals surface area contributed by atoms with Crippen molar-refractivity contribution in [3.63, 3.8) is 0 Å². The summed E-state index contributed by atoms with van der Waals surface area (Å²) in [5.74, 6) is 0.560.